The lowest BCUT2D eigenvalue weighted by molar-refractivity contribution is 0.0655. The van der Waals surface area contributed by atoms with E-state index in [9.17, 15) is 9.18 Å². The van der Waals surface area contributed by atoms with Crippen molar-refractivity contribution >= 4 is 29.1 Å². The SMILES string of the molecule is CC1CNCCN1C(=O)c1cc(F)c(Cl)cc1Cl. The van der Waals surface area contributed by atoms with Crippen molar-refractivity contribution in [2.24, 2.45) is 0 Å². The highest BCUT2D eigenvalue weighted by atomic mass is 35.5. The third-order valence-electron chi connectivity index (χ3n) is 3.00. The van der Waals surface area contributed by atoms with Crippen molar-refractivity contribution < 1.29 is 9.18 Å². The summed E-state index contributed by atoms with van der Waals surface area (Å²) < 4.78 is 13.4. The van der Waals surface area contributed by atoms with Crippen LogP contribution in [0.25, 0.3) is 0 Å². The van der Waals surface area contributed by atoms with Crippen molar-refractivity contribution in [1.82, 2.24) is 10.2 Å². The number of carbonyl (C=O) groups is 1. The number of halogens is 3. The quantitative estimate of drug-likeness (QED) is 0.807. The number of benzene rings is 1. The lowest BCUT2D eigenvalue weighted by atomic mass is 10.1. The molecule has 1 heterocycles. The molecule has 1 fully saturated rings. The Morgan fingerprint density at radius 3 is 2.83 bits per heavy atom. The second-order valence-electron chi connectivity index (χ2n) is 4.30. The molecule has 3 nitrogen and oxygen atoms in total. The van der Waals surface area contributed by atoms with Gasteiger partial charge in [0, 0.05) is 25.7 Å². The summed E-state index contributed by atoms with van der Waals surface area (Å²) in [5, 5.41) is 3.28. The predicted molar refractivity (Wildman–Crippen MR) is 69.8 cm³/mol. The van der Waals surface area contributed by atoms with Gasteiger partial charge in [-0.05, 0) is 19.1 Å². The Balaban J connectivity index is 2.30. The van der Waals surface area contributed by atoms with Gasteiger partial charge in [0.25, 0.3) is 5.91 Å². The first-order chi connectivity index (χ1) is 8.50. The molecule has 2 rings (SSSR count). The van der Waals surface area contributed by atoms with Crippen LogP contribution < -0.4 is 5.32 Å². The van der Waals surface area contributed by atoms with Crippen LogP contribution in [-0.2, 0) is 0 Å². The summed E-state index contributed by atoms with van der Waals surface area (Å²) in [7, 11) is 0. The highest BCUT2D eigenvalue weighted by Crippen LogP contribution is 2.26. The number of nitrogens with one attached hydrogen (secondary N) is 1. The Labute approximate surface area is 115 Å². The van der Waals surface area contributed by atoms with Crippen molar-refractivity contribution in [1.29, 1.82) is 0 Å². The number of rotatable bonds is 1. The van der Waals surface area contributed by atoms with E-state index in [-0.39, 0.29) is 27.6 Å². The number of hydrogen-bond donors (Lipinski definition) is 1. The molecule has 0 aliphatic carbocycles. The van der Waals surface area contributed by atoms with Gasteiger partial charge in [-0.3, -0.25) is 4.79 Å². The van der Waals surface area contributed by atoms with E-state index in [4.69, 9.17) is 23.2 Å². The van der Waals surface area contributed by atoms with Crippen LogP contribution in [-0.4, -0.2) is 36.5 Å². The molecule has 0 spiro atoms. The molecular weight excluding hydrogens is 278 g/mol. The smallest absolute Gasteiger partial charge is 0.255 e. The summed E-state index contributed by atoms with van der Waals surface area (Å²) >= 11 is 11.6. The van der Waals surface area contributed by atoms with Crippen molar-refractivity contribution in [2.45, 2.75) is 13.0 Å². The predicted octanol–water partition coefficient (Wildman–Crippen LogP) is 2.57. The third kappa shape index (κ3) is 2.60. The van der Waals surface area contributed by atoms with Gasteiger partial charge in [0.05, 0.1) is 15.6 Å². The van der Waals surface area contributed by atoms with E-state index in [1.54, 1.807) is 4.90 Å². The van der Waals surface area contributed by atoms with Crippen LogP contribution in [0.5, 0.6) is 0 Å². The average Bonchev–Trinajstić information content (AvgIpc) is 2.33. The molecule has 0 saturated carbocycles. The van der Waals surface area contributed by atoms with Gasteiger partial charge in [0.15, 0.2) is 0 Å². The molecule has 1 atom stereocenters. The fraction of sp³-hybridized carbons (Fsp3) is 0.417. The lowest BCUT2D eigenvalue weighted by Gasteiger charge is -2.34. The van der Waals surface area contributed by atoms with Gasteiger partial charge in [-0.25, -0.2) is 4.39 Å². The maximum atomic E-state index is 13.4. The molecule has 0 radical (unpaired) electrons. The Hall–Kier alpha value is -0.840. The monoisotopic (exact) mass is 290 g/mol. The number of hydrogen-bond acceptors (Lipinski definition) is 2. The van der Waals surface area contributed by atoms with Crippen LogP contribution in [0.1, 0.15) is 17.3 Å². The zero-order chi connectivity index (χ0) is 13.3. The maximum Gasteiger partial charge on any atom is 0.255 e. The minimum Gasteiger partial charge on any atom is -0.333 e. The molecule has 1 aliphatic rings. The van der Waals surface area contributed by atoms with E-state index in [1.807, 2.05) is 6.92 Å². The molecule has 98 valence electrons. The van der Waals surface area contributed by atoms with Crippen LogP contribution in [0.4, 0.5) is 4.39 Å². The Kier molecular flexibility index (Phi) is 4.10. The molecule has 0 aromatic heterocycles. The first-order valence-corrected chi connectivity index (χ1v) is 6.42. The first-order valence-electron chi connectivity index (χ1n) is 5.67. The zero-order valence-electron chi connectivity index (χ0n) is 9.84. The third-order valence-corrected chi connectivity index (χ3v) is 3.60. The Morgan fingerprint density at radius 2 is 2.17 bits per heavy atom. The van der Waals surface area contributed by atoms with E-state index in [0.717, 1.165) is 19.2 Å². The van der Waals surface area contributed by atoms with Crippen LogP contribution in [0.15, 0.2) is 12.1 Å². The van der Waals surface area contributed by atoms with Crippen LogP contribution in [0.3, 0.4) is 0 Å². The summed E-state index contributed by atoms with van der Waals surface area (Å²) in [4.78, 5) is 14.0. The minimum atomic E-state index is -0.632. The van der Waals surface area contributed by atoms with Crippen molar-refractivity contribution in [3.63, 3.8) is 0 Å². The largest absolute Gasteiger partial charge is 0.333 e. The fourth-order valence-electron chi connectivity index (χ4n) is 1.98. The Bertz CT molecular complexity index is 481. The summed E-state index contributed by atoms with van der Waals surface area (Å²) in [6.07, 6.45) is 0. The second kappa shape index (κ2) is 5.43. The molecule has 1 saturated heterocycles. The van der Waals surface area contributed by atoms with Crippen LogP contribution in [0, 0.1) is 5.82 Å². The summed E-state index contributed by atoms with van der Waals surface area (Å²) in [6.45, 7) is 3.97. The van der Waals surface area contributed by atoms with E-state index >= 15 is 0 Å². The Morgan fingerprint density at radius 1 is 1.44 bits per heavy atom. The molecule has 1 aromatic rings. The summed E-state index contributed by atoms with van der Waals surface area (Å²) in [6, 6.07) is 2.42. The number of piperazine rings is 1. The van der Waals surface area contributed by atoms with E-state index in [1.165, 1.54) is 6.07 Å². The molecule has 1 unspecified atom stereocenters. The van der Waals surface area contributed by atoms with Crippen LogP contribution in [0.2, 0.25) is 10.0 Å². The van der Waals surface area contributed by atoms with E-state index in [2.05, 4.69) is 5.32 Å². The van der Waals surface area contributed by atoms with Crippen LogP contribution >= 0.6 is 23.2 Å². The molecule has 1 aromatic carbocycles. The van der Waals surface area contributed by atoms with Gasteiger partial charge in [0.2, 0.25) is 0 Å². The molecular formula is C12H13Cl2FN2O. The van der Waals surface area contributed by atoms with Crippen molar-refractivity contribution in [3.05, 3.63) is 33.6 Å². The van der Waals surface area contributed by atoms with Crippen molar-refractivity contribution in [2.75, 3.05) is 19.6 Å². The normalized spacial score (nSPS) is 20.0. The highest BCUT2D eigenvalue weighted by molar-refractivity contribution is 6.36. The van der Waals surface area contributed by atoms with Gasteiger partial charge in [-0.15, -0.1) is 0 Å². The summed E-state index contributed by atoms with van der Waals surface area (Å²) in [5.41, 5.74) is 0.160. The number of carbonyl (C=O) groups excluding carboxylic acids is 1. The minimum absolute atomic E-state index is 0.0565. The van der Waals surface area contributed by atoms with Gasteiger partial charge in [-0.2, -0.15) is 0 Å². The number of amides is 1. The topological polar surface area (TPSA) is 32.3 Å². The standard InChI is InChI=1S/C12H13Cl2FN2O/c1-7-6-16-2-3-17(7)12(18)8-4-11(15)10(14)5-9(8)13/h4-5,7,16H,2-3,6H2,1H3. The van der Waals surface area contributed by atoms with Gasteiger partial charge in [0.1, 0.15) is 5.82 Å². The molecule has 1 amide bonds. The average molecular weight is 291 g/mol. The van der Waals surface area contributed by atoms with Gasteiger partial charge >= 0.3 is 0 Å². The van der Waals surface area contributed by atoms with Gasteiger partial charge < -0.3 is 10.2 Å². The molecule has 1 N–H and O–H groups in total. The summed E-state index contributed by atoms with van der Waals surface area (Å²) in [5.74, 6) is -0.892. The van der Waals surface area contributed by atoms with Gasteiger partial charge in [-0.1, -0.05) is 23.2 Å². The van der Waals surface area contributed by atoms with E-state index in [0.29, 0.717) is 6.54 Å². The molecule has 1 aliphatic heterocycles. The molecule has 6 heteroatoms. The van der Waals surface area contributed by atoms with E-state index < -0.39 is 5.82 Å². The zero-order valence-corrected chi connectivity index (χ0v) is 11.4. The molecule has 0 bridgehead atoms. The lowest BCUT2D eigenvalue weighted by Crippen LogP contribution is -2.52. The fourth-order valence-corrected chi connectivity index (χ4v) is 2.45. The first kappa shape index (κ1) is 13.6. The molecule has 18 heavy (non-hydrogen) atoms. The highest BCUT2D eigenvalue weighted by Gasteiger charge is 2.26. The van der Waals surface area contributed by atoms with Crippen molar-refractivity contribution in [3.8, 4) is 0 Å². The number of nitrogens with zero attached hydrogens (tertiary/aromatic N) is 1. The second-order valence-corrected chi connectivity index (χ2v) is 5.11. The maximum absolute atomic E-state index is 13.4.